The molecule has 2 heterocycles. The Morgan fingerprint density at radius 1 is 1.09 bits per heavy atom. The number of hydrogen-bond donors (Lipinski definition) is 1. The first kappa shape index (κ1) is 23.3. The number of anilines is 1. The lowest BCUT2D eigenvalue weighted by Gasteiger charge is -2.19. The molecule has 0 aliphatic rings. The summed E-state index contributed by atoms with van der Waals surface area (Å²) in [6.07, 6.45) is 0. The first-order valence-electron chi connectivity index (χ1n) is 10.8. The number of rotatable bonds is 5. The van der Waals surface area contributed by atoms with E-state index in [-0.39, 0.29) is 17.1 Å². The molecular weight excluding hydrogens is 452 g/mol. The monoisotopic (exact) mass is 478 g/mol. The van der Waals surface area contributed by atoms with E-state index < -0.39 is 0 Å². The van der Waals surface area contributed by atoms with Gasteiger partial charge in [0.2, 0.25) is 5.91 Å². The average Bonchev–Trinajstić information content (AvgIpc) is 3.08. The second kappa shape index (κ2) is 9.20. The van der Waals surface area contributed by atoms with Crippen LogP contribution in [0.3, 0.4) is 0 Å². The van der Waals surface area contributed by atoms with Crippen molar-refractivity contribution in [3.8, 4) is 11.1 Å². The van der Waals surface area contributed by atoms with Crippen molar-refractivity contribution in [2.75, 3.05) is 11.1 Å². The second-order valence-electron chi connectivity index (χ2n) is 9.14. The minimum Gasteiger partial charge on any atom is -0.325 e. The molecule has 0 atom stereocenters. The first-order valence-corrected chi connectivity index (χ1v) is 12.1. The van der Waals surface area contributed by atoms with Crippen molar-refractivity contribution >= 4 is 40.6 Å². The molecule has 0 spiro atoms. The summed E-state index contributed by atoms with van der Waals surface area (Å²) in [5.74, 6) is 0.209. The first-order chi connectivity index (χ1) is 15.6. The minimum atomic E-state index is -0.156. The van der Waals surface area contributed by atoms with E-state index in [0.717, 1.165) is 44.4 Å². The van der Waals surface area contributed by atoms with Gasteiger partial charge >= 0.3 is 0 Å². The number of nitrogens with zero attached hydrogens (tertiary/aromatic N) is 3. The molecule has 0 unspecified atom stereocenters. The molecule has 0 saturated carbocycles. The number of aromatic nitrogens is 3. The molecule has 0 radical (unpaired) electrons. The van der Waals surface area contributed by atoms with Gasteiger partial charge in [0.05, 0.1) is 17.1 Å². The summed E-state index contributed by atoms with van der Waals surface area (Å²) >= 11 is 7.56. The van der Waals surface area contributed by atoms with Crippen LogP contribution in [0.25, 0.3) is 16.8 Å². The van der Waals surface area contributed by atoms with Gasteiger partial charge in [0.15, 0.2) is 5.65 Å². The number of aryl methyl sites for hydroxylation is 2. The molecule has 7 heteroatoms. The van der Waals surface area contributed by atoms with E-state index in [1.165, 1.54) is 11.8 Å². The molecule has 2 aromatic carbocycles. The lowest BCUT2D eigenvalue weighted by Crippen LogP contribution is -2.17. The highest BCUT2D eigenvalue weighted by Crippen LogP contribution is 2.33. The fourth-order valence-electron chi connectivity index (χ4n) is 3.60. The molecule has 4 aromatic rings. The molecule has 1 amide bonds. The number of carbonyl (C=O) groups is 1. The van der Waals surface area contributed by atoms with Gasteiger partial charge in [-0.25, -0.2) is 9.50 Å². The lowest BCUT2D eigenvalue weighted by molar-refractivity contribution is -0.113. The normalized spacial score (nSPS) is 11.7. The van der Waals surface area contributed by atoms with E-state index in [1.54, 1.807) is 0 Å². The van der Waals surface area contributed by atoms with E-state index >= 15 is 0 Å². The highest BCUT2D eigenvalue weighted by atomic mass is 35.5. The third-order valence-corrected chi connectivity index (χ3v) is 6.53. The number of hydrogen-bond acceptors (Lipinski definition) is 4. The van der Waals surface area contributed by atoms with Crippen LogP contribution in [-0.4, -0.2) is 26.3 Å². The largest absolute Gasteiger partial charge is 0.325 e. The molecule has 0 bridgehead atoms. The summed E-state index contributed by atoms with van der Waals surface area (Å²) in [6, 6.07) is 17.6. The SMILES string of the molecule is Cc1cccc(NC(=O)CSc2cc(C(C)(C)C)nc3c(-c4ccc(Cl)cc4)c(C)nn23)c1. The predicted octanol–water partition coefficient (Wildman–Crippen LogP) is 6.69. The molecule has 33 heavy (non-hydrogen) atoms. The van der Waals surface area contributed by atoms with Gasteiger partial charge in [-0.3, -0.25) is 4.79 Å². The Morgan fingerprint density at radius 2 is 1.82 bits per heavy atom. The van der Waals surface area contributed by atoms with Crippen LogP contribution in [0.4, 0.5) is 5.69 Å². The zero-order valence-corrected chi connectivity index (χ0v) is 21.0. The average molecular weight is 479 g/mol. The second-order valence-corrected chi connectivity index (χ2v) is 10.6. The van der Waals surface area contributed by atoms with E-state index in [2.05, 4.69) is 26.1 Å². The van der Waals surface area contributed by atoms with E-state index in [0.29, 0.717) is 5.02 Å². The highest BCUT2D eigenvalue weighted by Gasteiger charge is 2.22. The molecule has 0 aliphatic carbocycles. The Morgan fingerprint density at radius 3 is 2.48 bits per heavy atom. The Balaban J connectivity index is 1.70. The third-order valence-electron chi connectivity index (χ3n) is 5.29. The smallest absolute Gasteiger partial charge is 0.234 e. The van der Waals surface area contributed by atoms with Crippen LogP contribution in [0.2, 0.25) is 5.02 Å². The zero-order valence-electron chi connectivity index (χ0n) is 19.4. The van der Waals surface area contributed by atoms with Crippen LogP contribution >= 0.6 is 23.4 Å². The Hall–Kier alpha value is -2.83. The predicted molar refractivity (Wildman–Crippen MR) is 137 cm³/mol. The Labute approximate surface area is 203 Å². The van der Waals surface area contributed by atoms with Crippen LogP contribution in [0.1, 0.15) is 37.7 Å². The molecule has 0 aliphatic heterocycles. The van der Waals surface area contributed by atoms with Gasteiger partial charge in [-0.2, -0.15) is 5.10 Å². The van der Waals surface area contributed by atoms with Crippen LogP contribution in [0.5, 0.6) is 0 Å². The molecular formula is C26H27ClN4OS. The van der Waals surface area contributed by atoms with Gasteiger partial charge in [0.25, 0.3) is 0 Å². The number of halogens is 1. The number of fused-ring (bicyclic) bond motifs is 1. The van der Waals surface area contributed by atoms with Gasteiger partial charge in [-0.15, -0.1) is 0 Å². The maximum atomic E-state index is 12.7. The van der Waals surface area contributed by atoms with Gasteiger partial charge in [0.1, 0.15) is 5.03 Å². The van der Waals surface area contributed by atoms with Crippen molar-refractivity contribution in [3.05, 3.63) is 76.6 Å². The standard InChI is InChI=1S/C26H27ClN4OS/c1-16-7-6-8-20(13-16)28-22(32)15-33-23-14-21(26(3,4)5)29-25-24(17(2)30-31(23)25)18-9-11-19(27)12-10-18/h6-14H,15H2,1-5H3,(H,28,32). The van der Waals surface area contributed by atoms with Crippen LogP contribution < -0.4 is 5.32 Å². The summed E-state index contributed by atoms with van der Waals surface area (Å²) in [5, 5.41) is 9.32. The number of thioether (sulfide) groups is 1. The maximum absolute atomic E-state index is 12.7. The van der Waals surface area contributed by atoms with Gasteiger partial charge in [-0.05, 0) is 55.3 Å². The van der Waals surface area contributed by atoms with Crippen molar-refractivity contribution < 1.29 is 4.79 Å². The van der Waals surface area contributed by atoms with Crippen molar-refractivity contribution in [3.63, 3.8) is 0 Å². The molecule has 2 aromatic heterocycles. The highest BCUT2D eigenvalue weighted by molar-refractivity contribution is 7.99. The van der Waals surface area contributed by atoms with Crippen molar-refractivity contribution in [1.82, 2.24) is 14.6 Å². The summed E-state index contributed by atoms with van der Waals surface area (Å²) in [4.78, 5) is 17.6. The van der Waals surface area contributed by atoms with E-state index in [4.69, 9.17) is 21.7 Å². The van der Waals surface area contributed by atoms with Crippen molar-refractivity contribution in [2.45, 2.75) is 45.1 Å². The lowest BCUT2D eigenvalue weighted by atomic mass is 9.92. The van der Waals surface area contributed by atoms with Crippen LogP contribution in [0.15, 0.2) is 59.6 Å². The molecule has 0 fully saturated rings. The molecule has 4 rings (SSSR count). The van der Waals surface area contributed by atoms with Crippen LogP contribution in [0, 0.1) is 13.8 Å². The Bertz CT molecular complexity index is 1320. The zero-order chi connectivity index (χ0) is 23.8. The summed E-state index contributed by atoms with van der Waals surface area (Å²) in [5.41, 5.74) is 6.35. The number of amides is 1. The molecule has 5 nitrogen and oxygen atoms in total. The molecule has 0 saturated heterocycles. The fraction of sp³-hybridized carbons (Fsp3) is 0.269. The maximum Gasteiger partial charge on any atom is 0.234 e. The quantitative estimate of drug-likeness (QED) is 0.256. The summed E-state index contributed by atoms with van der Waals surface area (Å²) < 4.78 is 1.85. The van der Waals surface area contributed by atoms with Crippen molar-refractivity contribution in [1.29, 1.82) is 0 Å². The number of nitrogens with one attached hydrogen (secondary N) is 1. The number of carbonyl (C=O) groups excluding carboxylic acids is 1. The third kappa shape index (κ3) is 5.23. The molecule has 170 valence electrons. The summed E-state index contributed by atoms with van der Waals surface area (Å²) in [7, 11) is 0. The topological polar surface area (TPSA) is 59.3 Å². The molecule has 1 N–H and O–H groups in total. The van der Waals surface area contributed by atoms with Gasteiger partial charge in [0, 0.05) is 21.7 Å². The van der Waals surface area contributed by atoms with E-state index in [1.807, 2.05) is 73.0 Å². The summed E-state index contributed by atoms with van der Waals surface area (Å²) in [6.45, 7) is 10.4. The van der Waals surface area contributed by atoms with Gasteiger partial charge in [-0.1, -0.05) is 68.4 Å². The Kier molecular flexibility index (Phi) is 6.50. The minimum absolute atomic E-state index is 0.0605. The van der Waals surface area contributed by atoms with Crippen LogP contribution in [-0.2, 0) is 10.2 Å². The van der Waals surface area contributed by atoms with Crippen molar-refractivity contribution in [2.24, 2.45) is 0 Å². The fourth-order valence-corrected chi connectivity index (χ4v) is 4.52. The van der Waals surface area contributed by atoms with Gasteiger partial charge < -0.3 is 5.32 Å². The number of benzene rings is 2. The van der Waals surface area contributed by atoms with E-state index in [9.17, 15) is 4.79 Å².